The number of nitrogens with one attached hydrogen (secondary N) is 1. The first-order chi connectivity index (χ1) is 5.66. The Hall–Kier alpha value is -0.120. The lowest BCUT2D eigenvalue weighted by Crippen LogP contribution is -2.27. The van der Waals surface area contributed by atoms with Crippen molar-refractivity contribution < 1.29 is 9.84 Å². The van der Waals surface area contributed by atoms with Gasteiger partial charge in [0.25, 0.3) is 0 Å². The Morgan fingerprint density at radius 3 is 2.58 bits per heavy atom. The molecule has 1 unspecified atom stereocenters. The molecule has 0 aromatic carbocycles. The average molecular weight is 175 g/mol. The molecule has 3 heteroatoms. The molecule has 74 valence electrons. The zero-order valence-electron chi connectivity index (χ0n) is 8.34. The van der Waals surface area contributed by atoms with E-state index in [1.165, 1.54) is 0 Å². The summed E-state index contributed by atoms with van der Waals surface area (Å²) >= 11 is 0. The van der Waals surface area contributed by atoms with Crippen molar-refractivity contribution in [1.82, 2.24) is 5.32 Å². The van der Waals surface area contributed by atoms with Gasteiger partial charge in [0, 0.05) is 12.6 Å². The first kappa shape index (κ1) is 11.9. The molecule has 0 aromatic heterocycles. The molecule has 0 bridgehead atoms. The predicted octanol–water partition coefficient (Wildman–Crippen LogP) is 0.772. The molecule has 0 fully saturated rings. The molecular weight excluding hydrogens is 154 g/mol. The summed E-state index contributed by atoms with van der Waals surface area (Å²) in [6, 6.07) is 0.504. The molecule has 0 aliphatic carbocycles. The van der Waals surface area contributed by atoms with Crippen LogP contribution in [0.15, 0.2) is 0 Å². The van der Waals surface area contributed by atoms with Crippen molar-refractivity contribution in [2.45, 2.75) is 39.3 Å². The number of aliphatic hydroxyl groups is 1. The van der Waals surface area contributed by atoms with E-state index in [9.17, 15) is 0 Å². The van der Waals surface area contributed by atoms with E-state index in [1.54, 1.807) is 0 Å². The summed E-state index contributed by atoms with van der Waals surface area (Å²) in [5.41, 5.74) is 0. The summed E-state index contributed by atoms with van der Waals surface area (Å²) in [5.74, 6) is 0. The lowest BCUT2D eigenvalue weighted by molar-refractivity contribution is 0.0359. The van der Waals surface area contributed by atoms with E-state index >= 15 is 0 Å². The molecule has 0 spiro atoms. The number of ether oxygens (including phenoxy) is 1. The third kappa shape index (κ3) is 7.98. The molecule has 12 heavy (non-hydrogen) atoms. The second kappa shape index (κ2) is 7.53. The molecule has 2 N–H and O–H groups in total. The van der Waals surface area contributed by atoms with Crippen LogP contribution in [0.1, 0.15) is 27.2 Å². The number of hydrogen-bond acceptors (Lipinski definition) is 3. The zero-order chi connectivity index (χ0) is 9.40. The monoisotopic (exact) mass is 175 g/mol. The van der Waals surface area contributed by atoms with Gasteiger partial charge in [0.05, 0.1) is 19.3 Å². The van der Waals surface area contributed by atoms with E-state index in [4.69, 9.17) is 9.84 Å². The van der Waals surface area contributed by atoms with Gasteiger partial charge in [0.1, 0.15) is 0 Å². The van der Waals surface area contributed by atoms with Gasteiger partial charge in [-0.2, -0.15) is 0 Å². The van der Waals surface area contributed by atoms with Crippen molar-refractivity contribution in [2.75, 3.05) is 19.8 Å². The van der Waals surface area contributed by atoms with Crippen LogP contribution in [0, 0.1) is 0 Å². The molecule has 0 saturated carbocycles. The van der Waals surface area contributed by atoms with Gasteiger partial charge >= 0.3 is 0 Å². The predicted molar refractivity (Wildman–Crippen MR) is 50.3 cm³/mol. The van der Waals surface area contributed by atoms with Crippen LogP contribution in [0.25, 0.3) is 0 Å². The molecule has 0 radical (unpaired) electrons. The fraction of sp³-hybridized carbons (Fsp3) is 1.00. The maximum atomic E-state index is 9.12. The van der Waals surface area contributed by atoms with Crippen molar-refractivity contribution >= 4 is 0 Å². The Labute approximate surface area is 75.1 Å². The fourth-order valence-electron chi connectivity index (χ4n) is 0.757. The van der Waals surface area contributed by atoms with Crippen LogP contribution >= 0.6 is 0 Å². The summed E-state index contributed by atoms with van der Waals surface area (Å²) < 4.78 is 5.22. The molecule has 0 aliphatic rings. The van der Waals surface area contributed by atoms with Gasteiger partial charge in [0.2, 0.25) is 0 Å². The van der Waals surface area contributed by atoms with Gasteiger partial charge in [0.15, 0.2) is 0 Å². The molecule has 0 aromatic rings. The average Bonchev–Trinajstić information content (AvgIpc) is 2.03. The Balaban J connectivity index is 3.00. The number of rotatable bonds is 7. The lowest BCUT2D eigenvalue weighted by atomic mass is 10.3. The van der Waals surface area contributed by atoms with Crippen LogP contribution < -0.4 is 5.32 Å². The van der Waals surface area contributed by atoms with Gasteiger partial charge in [-0.25, -0.2) is 0 Å². The molecular formula is C9H21NO2. The van der Waals surface area contributed by atoms with Crippen molar-refractivity contribution in [3.8, 4) is 0 Å². The quantitative estimate of drug-likeness (QED) is 0.562. The summed E-state index contributed by atoms with van der Waals surface area (Å²) in [6.07, 6.45) is 0.460. The summed E-state index contributed by atoms with van der Waals surface area (Å²) in [6.45, 7) is 8.13. The van der Waals surface area contributed by atoms with Crippen molar-refractivity contribution in [2.24, 2.45) is 0 Å². The van der Waals surface area contributed by atoms with E-state index in [-0.39, 0.29) is 6.10 Å². The van der Waals surface area contributed by atoms with E-state index < -0.39 is 0 Å². The highest BCUT2D eigenvalue weighted by Crippen LogP contribution is 1.89. The van der Waals surface area contributed by atoms with Crippen LogP contribution in [-0.4, -0.2) is 37.0 Å². The summed E-state index contributed by atoms with van der Waals surface area (Å²) in [5, 5.41) is 12.4. The minimum absolute atomic E-state index is 0.302. The molecule has 0 aliphatic heterocycles. The first-order valence-corrected chi connectivity index (χ1v) is 4.66. The maximum Gasteiger partial charge on any atom is 0.0771 e. The molecule has 3 nitrogen and oxygen atoms in total. The largest absolute Gasteiger partial charge is 0.391 e. The van der Waals surface area contributed by atoms with E-state index in [0.717, 1.165) is 13.0 Å². The van der Waals surface area contributed by atoms with Crippen molar-refractivity contribution in [3.63, 3.8) is 0 Å². The molecule has 1 atom stereocenters. The van der Waals surface area contributed by atoms with Crippen LogP contribution in [-0.2, 0) is 4.74 Å². The highest BCUT2D eigenvalue weighted by Gasteiger charge is 1.99. The topological polar surface area (TPSA) is 41.5 Å². The van der Waals surface area contributed by atoms with Crippen LogP contribution in [0.4, 0.5) is 0 Å². The Kier molecular flexibility index (Phi) is 7.45. The highest BCUT2D eigenvalue weighted by molar-refractivity contribution is 4.52. The fourth-order valence-corrected chi connectivity index (χ4v) is 0.757. The van der Waals surface area contributed by atoms with Gasteiger partial charge in [-0.15, -0.1) is 0 Å². The molecule has 0 rings (SSSR count). The summed E-state index contributed by atoms with van der Waals surface area (Å²) in [7, 11) is 0. The number of hydrogen-bond donors (Lipinski definition) is 2. The van der Waals surface area contributed by atoms with Crippen molar-refractivity contribution in [3.05, 3.63) is 0 Å². The first-order valence-electron chi connectivity index (χ1n) is 4.66. The summed E-state index contributed by atoms with van der Waals surface area (Å²) in [4.78, 5) is 0. The van der Waals surface area contributed by atoms with Crippen molar-refractivity contribution in [1.29, 1.82) is 0 Å². The van der Waals surface area contributed by atoms with Crippen LogP contribution in [0.5, 0.6) is 0 Å². The highest BCUT2D eigenvalue weighted by atomic mass is 16.5. The molecule has 0 heterocycles. The van der Waals surface area contributed by atoms with E-state index in [2.05, 4.69) is 19.2 Å². The van der Waals surface area contributed by atoms with Gasteiger partial charge in [-0.3, -0.25) is 0 Å². The standard InChI is InChI=1S/C9H21NO2/c1-4-9(11)7-12-6-5-10-8(2)3/h8-11H,4-7H2,1-3H3. The number of aliphatic hydroxyl groups excluding tert-OH is 1. The SMILES string of the molecule is CCC(O)COCCNC(C)C. The van der Waals surface area contributed by atoms with E-state index in [0.29, 0.717) is 19.3 Å². The Morgan fingerprint density at radius 2 is 2.08 bits per heavy atom. The minimum atomic E-state index is -0.302. The smallest absolute Gasteiger partial charge is 0.0771 e. The third-order valence-electron chi connectivity index (χ3n) is 1.58. The van der Waals surface area contributed by atoms with E-state index in [1.807, 2.05) is 6.92 Å². The molecule has 0 saturated heterocycles. The zero-order valence-corrected chi connectivity index (χ0v) is 8.34. The normalized spacial score (nSPS) is 13.8. The Morgan fingerprint density at radius 1 is 1.42 bits per heavy atom. The molecule has 0 amide bonds. The third-order valence-corrected chi connectivity index (χ3v) is 1.58. The maximum absolute atomic E-state index is 9.12. The van der Waals surface area contributed by atoms with Crippen LogP contribution in [0.3, 0.4) is 0 Å². The lowest BCUT2D eigenvalue weighted by Gasteiger charge is -2.10. The van der Waals surface area contributed by atoms with Gasteiger partial charge in [-0.05, 0) is 6.42 Å². The van der Waals surface area contributed by atoms with Gasteiger partial charge in [-0.1, -0.05) is 20.8 Å². The van der Waals surface area contributed by atoms with Gasteiger partial charge < -0.3 is 15.2 Å². The van der Waals surface area contributed by atoms with Crippen LogP contribution in [0.2, 0.25) is 0 Å². The minimum Gasteiger partial charge on any atom is -0.391 e. The second-order valence-corrected chi connectivity index (χ2v) is 3.25. The second-order valence-electron chi connectivity index (χ2n) is 3.25. The Bertz CT molecular complexity index is 96.5.